The Hall–Kier alpha value is -1.45. The molecule has 0 saturated heterocycles. The molecule has 1 aliphatic rings. The molecule has 0 amide bonds. The van der Waals surface area contributed by atoms with Gasteiger partial charge in [-0.2, -0.15) is 0 Å². The number of benzene rings is 2. The predicted octanol–water partition coefficient (Wildman–Crippen LogP) is 4.81. The van der Waals surface area contributed by atoms with Crippen LogP contribution in [0.4, 0.5) is 0 Å². The van der Waals surface area contributed by atoms with Crippen LogP contribution in [0, 0.1) is 0 Å². The van der Waals surface area contributed by atoms with Gasteiger partial charge in [0.1, 0.15) is 5.75 Å². The molecule has 0 radical (unpaired) electrons. The number of Topliss-reactive ketones (excluding diaryl/α,β-unsaturated/α-hetero) is 1. The van der Waals surface area contributed by atoms with Gasteiger partial charge in [0.2, 0.25) is 0 Å². The quantitative estimate of drug-likeness (QED) is 0.757. The molecule has 0 saturated carbocycles. The molecule has 2 aromatic carbocycles. The van der Waals surface area contributed by atoms with Gasteiger partial charge in [-0.1, -0.05) is 29.8 Å². The average Bonchev–Trinajstić information content (AvgIpc) is 2.89. The first kappa shape index (κ1) is 14.5. The molecule has 2 aromatic rings. The fraction of sp³-hybridized carbons (Fsp3) is 0.235. The van der Waals surface area contributed by atoms with Crippen LogP contribution in [0.2, 0.25) is 5.02 Å². The van der Waals surface area contributed by atoms with Crippen molar-refractivity contribution in [2.45, 2.75) is 17.7 Å². The second kappa shape index (κ2) is 6.12. The van der Waals surface area contributed by atoms with Crippen LogP contribution < -0.4 is 4.74 Å². The number of fused-ring (bicyclic) bond motifs is 1. The minimum atomic E-state index is -0.0336. The van der Waals surface area contributed by atoms with E-state index in [0.29, 0.717) is 28.9 Å². The van der Waals surface area contributed by atoms with Crippen LogP contribution in [-0.4, -0.2) is 18.1 Å². The largest absolute Gasteiger partial charge is 0.492 e. The number of hydrogen-bond donors (Lipinski definition) is 0. The minimum absolute atomic E-state index is 0.0336. The smallest absolute Gasteiger partial charge is 0.163 e. The zero-order chi connectivity index (χ0) is 14.8. The second-order valence-corrected chi connectivity index (χ2v) is 6.55. The molecule has 3 rings (SSSR count). The Morgan fingerprint density at radius 3 is 2.95 bits per heavy atom. The van der Waals surface area contributed by atoms with Crippen LogP contribution >= 0.6 is 23.4 Å². The lowest BCUT2D eigenvalue weighted by Crippen LogP contribution is -2.11. The van der Waals surface area contributed by atoms with Crippen molar-refractivity contribution in [3.05, 3.63) is 58.6 Å². The van der Waals surface area contributed by atoms with Gasteiger partial charge in [0.15, 0.2) is 5.78 Å². The lowest BCUT2D eigenvalue weighted by molar-refractivity contribution is 0.101. The Bertz CT molecular complexity index is 684. The van der Waals surface area contributed by atoms with Crippen LogP contribution in [0.1, 0.15) is 28.8 Å². The van der Waals surface area contributed by atoms with E-state index in [2.05, 4.69) is 24.3 Å². The zero-order valence-electron chi connectivity index (χ0n) is 11.6. The number of halogens is 1. The van der Waals surface area contributed by atoms with E-state index in [9.17, 15) is 4.79 Å². The Balaban J connectivity index is 1.76. The first-order valence-corrected chi connectivity index (χ1v) is 8.16. The summed E-state index contributed by atoms with van der Waals surface area (Å²) in [5.74, 6) is 1.96. The van der Waals surface area contributed by atoms with Crippen molar-refractivity contribution < 1.29 is 9.53 Å². The van der Waals surface area contributed by atoms with E-state index in [0.717, 1.165) is 5.75 Å². The molecule has 4 heteroatoms. The summed E-state index contributed by atoms with van der Waals surface area (Å²) in [4.78, 5) is 13.0. The molecule has 0 aliphatic carbocycles. The van der Waals surface area contributed by atoms with Crippen LogP contribution in [-0.2, 0) is 0 Å². The molecular formula is C17H15ClO2S. The fourth-order valence-corrected chi connectivity index (χ4v) is 3.87. The Kier molecular flexibility index (Phi) is 4.22. The third kappa shape index (κ3) is 3.09. The summed E-state index contributed by atoms with van der Waals surface area (Å²) in [6.45, 7) is 2.10. The number of ketones is 1. The van der Waals surface area contributed by atoms with Gasteiger partial charge in [-0.15, -0.1) is 11.8 Å². The minimum Gasteiger partial charge on any atom is -0.492 e. The van der Waals surface area contributed by atoms with Crippen molar-refractivity contribution in [1.29, 1.82) is 0 Å². The maximum Gasteiger partial charge on any atom is 0.163 e. The van der Waals surface area contributed by atoms with Gasteiger partial charge in [-0.05, 0) is 36.8 Å². The summed E-state index contributed by atoms with van der Waals surface area (Å²) in [5.41, 5.74) is 1.88. The summed E-state index contributed by atoms with van der Waals surface area (Å²) in [7, 11) is 0. The highest BCUT2D eigenvalue weighted by Gasteiger charge is 2.23. The third-order valence-electron chi connectivity index (χ3n) is 3.56. The molecule has 0 aromatic heterocycles. The molecule has 1 aliphatic heterocycles. The van der Waals surface area contributed by atoms with Gasteiger partial charge in [0.05, 0.1) is 12.2 Å². The molecule has 1 atom stereocenters. The monoisotopic (exact) mass is 318 g/mol. The van der Waals surface area contributed by atoms with Gasteiger partial charge in [0.25, 0.3) is 0 Å². The van der Waals surface area contributed by atoms with Gasteiger partial charge < -0.3 is 4.74 Å². The Morgan fingerprint density at radius 2 is 2.14 bits per heavy atom. The van der Waals surface area contributed by atoms with E-state index in [4.69, 9.17) is 16.3 Å². The highest BCUT2D eigenvalue weighted by Crippen LogP contribution is 2.39. The van der Waals surface area contributed by atoms with E-state index in [1.807, 2.05) is 11.8 Å². The van der Waals surface area contributed by atoms with Crippen molar-refractivity contribution in [2.75, 3.05) is 12.4 Å². The van der Waals surface area contributed by atoms with Crippen LogP contribution in [0.3, 0.4) is 0 Å². The third-order valence-corrected chi connectivity index (χ3v) is 5.05. The van der Waals surface area contributed by atoms with Gasteiger partial charge in [-0.3, -0.25) is 4.79 Å². The predicted molar refractivity (Wildman–Crippen MR) is 86.9 cm³/mol. The van der Waals surface area contributed by atoms with Crippen molar-refractivity contribution in [1.82, 2.24) is 0 Å². The lowest BCUT2D eigenvalue weighted by Gasteiger charge is -2.14. The molecule has 0 N–H and O–H groups in total. The van der Waals surface area contributed by atoms with E-state index in [-0.39, 0.29) is 5.78 Å². The molecule has 108 valence electrons. The van der Waals surface area contributed by atoms with Crippen molar-refractivity contribution in [2.24, 2.45) is 0 Å². The van der Waals surface area contributed by atoms with E-state index >= 15 is 0 Å². The first-order chi connectivity index (χ1) is 10.1. The SMILES string of the molecule is CC(=O)c1cc(Cl)ccc1OCC1CSc2ccccc21. The maximum absolute atomic E-state index is 11.7. The van der Waals surface area contributed by atoms with Crippen molar-refractivity contribution >= 4 is 29.1 Å². The summed E-state index contributed by atoms with van der Waals surface area (Å²) < 4.78 is 5.90. The standard InChI is InChI=1S/C17H15ClO2S/c1-11(19)15-8-13(18)6-7-16(15)20-9-12-10-21-17-5-3-2-4-14(12)17/h2-8,12H,9-10H2,1H3. The highest BCUT2D eigenvalue weighted by atomic mass is 35.5. The van der Waals surface area contributed by atoms with Crippen LogP contribution in [0.25, 0.3) is 0 Å². The average molecular weight is 319 g/mol. The van der Waals surface area contributed by atoms with Crippen molar-refractivity contribution in [3.8, 4) is 5.75 Å². The first-order valence-electron chi connectivity index (χ1n) is 6.80. The summed E-state index contributed by atoms with van der Waals surface area (Å²) in [5, 5.41) is 0.550. The van der Waals surface area contributed by atoms with Gasteiger partial charge in [-0.25, -0.2) is 0 Å². The molecule has 1 heterocycles. The number of hydrogen-bond acceptors (Lipinski definition) is 3. The highest BCUT2D eigenvalue weighted by molar-refractivity contribution is 7.99. The van der Waals surface area contributed by atoms with Gasteiger partial charge in [0, 0.05) is 21.6 Å². The molecule has 21 heavy (non-hydrogen) atoms. The van der Waals surface area contributed by atoms with Crippen molar-refractivity contribution in [3.63, 3.8) is 0 Å². The number of rotatable bonds is 4. The lowest BCUT2D eigenvalue weighted by atomic mass is 10.0. The summed E-state index contributed by atoms with van der Waals surface area (Å²) >= 11 is 7.80. The molecule has 0 fully saturated rings. The van der Waals surface area contributed by atoms with Gasteiger partial charge >= 0.3 is 0 Å². The molecule has 2 nitrogen and oxygen atoms in total. The van der Waals surface area contributed by atoms with Crippen LogP contribution in [0.15, 0.2) is 47.4 Å². The molecule has 1 unspecified atom stereocenters. The maximum atomic E-state index is 11.7. The number of ether oxygens (including phenoxy) is 1. The Morgan fingerprint density at radius 1 is 1.33 bits per heavy atom. The summed E-state index contributed by atoms with van der Waals surface area (Å²) in [6.07, 6.45) is 0. The zero-order valence-corrected chi connectivity index (χ0v) is 13.2. The fourth-order valence-electron chi connectivity index (χ4n) is 2.46. The molecule has 0 bridgehead atoms. The number of thioether (sulfide) groups is 1. The van der Waals surface area contributed by atoms with E-state index in [1.54, 1.807) is 18.2 Å². The van der Waals surface area contributed by atoms with Crippen LogP contribution in [0.5, 0.6) is 5.75 Å². The van der Waals surface area contributed by atoms with E-state index < -0.39 is 0 Å². The topological polar surface area (TPSA) is 26.3 Å². The Labute approximate surface area is 133 Å². The second-order valence-electron chi connectivity index (χ2n) is 5.05. The normalized spacial score (nSPS) is 16.6. The molecule has 0 spiro atoms. The number of carbonyl (C=O) groups is 1. The number of carbonyl (C=O) groups excluding carboxylic acids is 1. The van der Waals surface area contributed by atoms with E-state index in [1.165, 1.54) is 17.4 Å². The summed E-state index contributed by atoms with van der Waals surface area (Å²) in [6, 6.07) is 13.6. The molecular weight excluding hydrogens is 304 g/mol.